The molecule has 0 fully saturated rings. The number of hydrogen-bond donors (Lipinski definition) is 1. The SMILES string of the molecule is CCN(Cc1cc(=O)n2c(-c3cccnc3N)c(C)sc2n1)c1ccc(F)cc1. The van der Waals surface area contributed by atoms with Gasteiger partial charge in [0.05, 0.1) is 17.9 Å². The fourth-order valence-corrected chi connectivity index (χ4v) is 4.37. The van der Waals surface area contributed by atoms with E-state index in [1.165, 1.54) is 23.5 Å². The Morgan fingerprint density at radius 1 is 1.24 bits per heavy atom. The second kappa shape index (κ2) is 7.63. The van der Waals surface area contributed by atoms with Crippen molar-refractivity contribution in [3.05, 3.63) is 75.4 Å². The van der Waals surface area contributed by atoms with Crippen LogP contribution in [0.4, 0.5) is 15.9 Å². The summed E-state index contributed by atoms with van der Waals surface area (Å²) in [5, 5.41) is 0. The van der Waals surface area contributed by atoms with Gasteiger partial charge >= 0.3 is 0 Å². The van der Waals surface area contributed by atoms with Gasteiger partial charge in [-0.15, -0.1) is 11.3 Å². The molecular weight excluding hydrogens is 389 g/mol. The fourth-order valence-electron chi connectivity index (χ4n) is 3.37. The molecule has 4 rings (SSSR count). The largest absolute Gasteiger partial charge is 0.383 e. The molecule has 0 saturated heterocycles. The van der Waals surface area contributed by atoms with E-state index in [4.69, 9.17) is 10.7 Å². The van der Waals surface area contributed by atoms with Crippen LogP contribution >= 0.6 is 11.3 Å². The zero-order valence-electron chi connectivity index (χ0n) is 16.1. The number of aryl methyl sites for hydroxylation is 1. The Balaban J connectivity index is 1.76. The summed E-state index contributed by atoms with van der Waals surface area (Å²) in [6.07, 6.45) is 1.62. The summed E-state index contributed by atoms with van der Waals surface area (Å²) in [5.74, 6) is 0.0959. The van der Waals surface area contributed by atoms with Gasteiger partial charge in [-0.2, -0.15) is 0 Å². The highest BCUT2D eigenvalue weighted by molar-refractivity contribution is 7.17. The summed E-state index contributed by atoms with van der Waals surface area (Å²) in [5.41, 5.74) is 8.85. The molecule has 0 saturated carbocycles. The molecule has 0 amide bonds. The molecule has 4 aromatic rings. The van der Waals surface area contributed by atoms with Gasteiger partial charge in [0.25, 0.3) is 5.56 Å². The van der Waals surface area contributed by atoms with E-state index < -0.39 is 0 Å². The van der Waals surface area contributed by atoms with Crippen molar-refractivity contribution in [1.29, 1.82) is 0 Å². The van der Waals surface area contributed by atoms with E-state index in [-0.39, 0.29) is 11.4 Å². The van der Waals surface area contributed by atoms with Gasteiger partial charge in [-0.05, 0) is 50.2 Å². The van der Waals surface area contributed by atoms with Crippen LogP contribution in [0.5, 0.6) is 0 Å². The zero-order chi connectivity index (χ0) is 20.5. The van der Waals surface area contributed by atoms with E-state index in [1.54, 1.807) is 34.9 Å². The number of nitrogens with zero attached hydrogens (tertiary/aromatic N) is 4. The molecule has 0 aliphatic rings. The number of nitrogen functional groups attached to an aromatic ring is 1. The van der Waals surface area contributed by atoms with Crippen molar-refractivity contribution in [3.63, 3.8) is 0 Å². The van der Waals surface area contributed by atoms with Gasteiger partial charge in [0.1, 0.15) is 11.6 Å². The van der Waals surface area contributed by atoms with Crippen LogP contribution in [0.2, 0.25) is 0 Å². The molecule has 148 valence electrons. The number of thiazole rings is 1. The first kappa shape index (κ1) is 19.1. The van der Waals surface area contributed by atoms with Crippen molar-refractivity contribution >= 4 is 27.8 Å². The van der Waals surface area contributed by atoms with Crippen LogP contribution < -0.4 is 16.2 Å². The van der Waals surface area contributed by atoms with E-state index in [9.17, 15) is 9.18 Å². The Hall–Kier alpha value is -3.26. The van der Waals surface area contributed by atoms with Crippen LogP contribution in [0.15, 0.2) is 53.5 Å². The maximum absolute atomic E-state index is 13.2. The molecular formula is C21H20FN5OS. The van der Waals surface area contributed by atoms with E-state index in [0.717, 1.165) is 21.8 Å². The van der Waals surface area contributed by atoms with Crippen molar-refractivity contribution in [2.24, 2.45) is 0 Å². The first-order chi connectivity index (χ1) is 14.0. The van der Waals surface area contributed by atoms with Gasteiger partial charge in [0.2, 0.25) is 0 Å². The van der Waals surface area contributed by atoms with Crippen molar-refractivity contribution < 1.29 is 4.39 Å². The highest BCUT2D eigenvalue weighted by Gasteiger charge is 2.18. The number of nitrogens with two attached hydrogens (primary N) is 1. The van der Waals surface area contributed by atoms with Gasteiger partial charge in [-0.1, -0.05) is 0 Å². The Labute approximate surface area is 171 Å². The third-order valence-corrected chi connectivity index (χ3v) is 5.72. The standard InChI is InChI=1S/C21H20FN5OS/c1-3-26(16-8-6-14(22)7-9-16)12-15-11-18(28)27-19(13(2)29-21(27)25-15)17-5-4-10-24-20(17)23/h4-11H,3,12H2,1-2H3,(H2,23,24). The van der Waals surface area contributed by atoms with Crippen molar-refractivity contribution in [1.82, 2.24) is 14.4 Å². The summed E-state index contributed by atoms with van der Waals surface area (Å²) in [6.45, 7) is 5.10. The predicted molar refractivity (Wildman–Crippen MR) is 115 cm³/mol. The predicted octanol–water partition coefficient (Wildman–Crippen LogP) is 3.87. The molecule has 0 bridgehead atoms. The normalized spacial score (nSPS) is 11.1. The zero-order valence-corrected chi connectivity index (χ0v) is 16.9. The molecule has 0 spiro atoms. The lowest BCUT2D eigenvalue weighted by Gasteiger charge is -2.22. The number of anilines is 2. The lowest BCUT2D eigenvalue weighted by atomic mass is 10.1. The molecule has 6 nitrogen and oxygen atoms in total. The van der Waals surface area contributed by atoms with Crippen LogP contribution in [0.25, 0.3) is 16.2 Å². The average Bonchev–Trinajstić information content (AvgIpc) is 3.03. The smallest absolute Gasteiger partial charge is 0.259 e. The number of aromatic nitrogens is 3. The van der Waals surface area contributed by atoms with Crippen LogP contribution in [-0.2, 0) is 6.54 Å². The molecule has 29 heavy (non-hydrogen) atoms. The Morgan fingerprint density at radius 2 is 2.00 bits per heavy atom. The fraction of sp³-hybridized carbons (Fsp3) is 0.190. The molecule has 8 heteroatoms. The van der Waals surface area contributed by atoms with E-state index >= 15 is 0 Å². The molecule has 2 N–H and O–H groups in total. The van der Waals surface area contributed by atoms with Crippen molar-refractivity contribution in [3.8, 4) is 11.3 Å². The monoisotopic (exact) mass is 409 g/mol. The Bertz CT molecular complexity index is 1230. The van der Waals surface area contributed by atoms with Crippen molar-refractivity contribution in [2.45, 2.75) is 20.4 Å². The lowest BCUT2D eigenvalue weighted by molar-refractivity contribution is 0.627. The van der Waals surface area contributed by atoms with Gasteiger partial charge in [0.15, 0.2) is 4.96 Å². The Kier molecular flexibility index (Phi) is 5.02. The summed E-state index contributed by atoms with van der Waals surface area (Å²) >= 11 is 1.44. The van der Waals surface area contributed by atoms with Crippen LogP contribution in [-0.4, -0.2) is 20.9 Å². The molecule has 1 aromatic carbocycles. The lowest BCUT2D eigenvalue weighted by Crippen LogP contribution is -2.24. The van der Waals surface area contributed by atoms with E-state index in [1.807, 2.05) is 24.8 Å². The van der Waals surface area contributed by atoms with Crippen LogP contribution in [0.1, 0.15) is 17.5 Å². The summed E-state index contributed by atoms with van der Waals surface area (Å²) in [4.78, 5) is 25.4. The number of benzene rings is 1. The third-order valence-electron chi connectivity index (χ3n) is 4.76. The minimum atomic E-state index is -0.279. The molecule has 0 aliphatic heterocycles. The topological polar surface area (TPSA) is 76.5 Å². The number of rotatable bonds is 5. The Morgan fingerprint density at radius 3 is 2.69 bits per heavy atom. The van der Waals surface area contributed by atoms with Crippen LogP contribution in [0.3, 0.4) is 0 Å². The first-order valence-corrected chi connectivity index (χ1v) is 10.0. The molecule has 0 unspecified atom stereocenters. The second-order valence-electron chi connectivity index (χ2n) is 6.64. The number of halogens is 1. The average molecular weight is 409 g/mol. The van der Waals surface area contributed by atoms with Crippen LogP contribution in [0, 0.1) is 12.7 Å². The summed E-state index contributed by atoms with van der Waals surface area (Å²) in [7, 11) is 0. The summed E-state index contributed by atoms with van der Waals surface area (Å²) < 4.78 is 14.8. The highest BCUT2D eigenvalue weighted by atomic mass is 32.1. The van der Waals surface area contributed by atoms with Gasteiger partial charge < -0.3 is 10.6 Å². The minimum absolute atomic E-state index is 0.164. The maximum Gasteiger partial charge on any atom is 0.259 e. The highest BCUT2D eigenvalue weighted by Crippen LogP contribution is 2.32. The van der Waals surface area contributed by atoms with E-state index in [0.29, 0.717) is 29.6 Å². The molecule has 0 aliphatic carbocycles. The minimum Gasteiger partial charge on any atom is -0.383 e. The summed E-state index contributed by atoms with van der Waals surface area (Å²) in [6, 6.07) is 11.5. The third kappa shape index (κ3) is 3.58. The molecule has 3 heterocycles. The molecule has 3 aromatic heterocycles. The maximum atomic E-state index is 13.2. The van der Waals surface area contributed by atoms with Crippen molar-refractivity contribution in [2.75, 3.05) is 17.2 Å². The molecule has 0 atom stereocenters. The quantitative estimate of drug-likeness (QED) is 0.541. The number of pyridine rings is 1. The number of hydrogen-bond acceptors (Lipinski definition) is 6. The van der Waals surface area contributed by atoms with Gasteiger partial charge in [-0.3, -0.25) is 9.20 Å². The van der Waals surface area contributed by atoms with Gasteiger partial charge in [0, 0.05) is 34.9 Å². The second-order valence-corrected chi connectivity index (χ2v) is 7.82. The van der Waals surface area contributed by atoms with E-state index in [2.05, 4.69) is 4.98 Å². The molecule has 0 radical (unpaired) electrons. The first-order valence-electron chi connectivity index (χ1n) is 9.21. The number of fused-ring (bicyclic) bond motifs is 1. The van der Waals surface area contributed by atoms with Gasteiger partial charge in [-0.25, -0.2) is 14.4 Å².